The zero-order valence-corrected chi connectivity index (χ0v) is 26.3. The summed E-state index contributed by atoms with van der Waals surface area (Å²) in [7, 11) is 0. The zero-order chi connectivity index (χ0) is 24.8. The Kier molecular flexibility index (Phi) is 164. The molecule has 0 aromatic rings. The normalized spacial score (nSPS) is 6.93. The van der Waals surface area contributed by atoms with Crippen LogP contribution >= 0.6 is 186 Å². The summed E-state index contributed by atoms with van der Waals surface area (Å²) >= 11 is 77.1. The Balaban J connectivity index is -0.0000000282. The fourth-order valence-electron chi connectivity index (χ4n) is 0.217. The average Bonchev–Trinajstić information content (AvgIpc) is 2.51. The Morgan fingerprint density at radius 2 is 0.607 bits per heavy atom. The van der Waals surface area contributed by atoms with Crippen molar-refractivity contribution >= 4 is 191 Å². The molecular weight excluding hydrogens is 715 g/mol. The van der Waals surface area contributed by atoms with Gasteiger partial charge in [0.15, 0.2) is 0 Å². The number of ketones is 1. The van der Waals surface area contributed by atoms with Gasteiger partial charge in [-0.25, -0.2) is 0 Å². The largest absolute Gasteiger partial charge is 0.300 e. The first kappa shape index (κ1) is 53.6. The molecule has 17 heteroatoms. The number of carbonyl (C=O) groups excluding carboxylic acids is 1. The van der Waals surface area contributed by atoms with E-state index in [1.165, 1.54) is 6.92 Å². The summed E-state index contributed by atoms with van der Waals surface area (Å²) < 4.78 is 0. The Hall–Kier alpha value is 4.31. The van der Waals surface area contributed by atoms with Gasteiger partial charge in [-0.2, -0.15) is 0 Å². The molecular formula is C11H20Cl16O. The highest BCUT2D eigenvalue weighted by atomic mass is 35.6. The molecule has 28 heavy (non-hydrogen) atoms. The van der Waals surface area contributed by atoms with Gasteiger partial charge >= 0.3 is 0 Å². The fourth-order valence-corrected chi connectivity index (χ4v) is 0.652. The number of rotatable bonds is 2. The van der Waals surface area contributed by atoms with Gasteiger partial charge in [-0.15, -0.1) is 186 Å². The van der Waals surface area contributed by atoms with Crippen LogP contribution in [0.4, 0.5) is 0 Å². The smallest absolute Gasteiger partial charge is 0.132 e. The van der Waals surface area contributed by atoms with Gasteiger partial charge in [0, 0.05) is 6.42 Å². The molecule has 0 fully saturated rings. The topological polar surface area (TPSA) is 17.1 Å². The lowest BCUT2D eigenvalue weighted by molar-refractivity contribution is -0.116. The molecule has 0 heterocycles. The molecule has 182 valence electrons. The van der Waals surface area contributed by atoms with Gasteiger partial charge in [0.2, 0.25) is 0 Å². The van der Waals surface area contributed by atoms with E-state index in [0.717, 1.165) is 0 Å². The predicted octanol–water partition coefficient (Wildman–Crippen LogP) is 11.7. The molecule has 0 atom stereocenters. The predicted molar refractivity (Wildman–Crippen MR) is 147 cm³/mol. The van der Waals surface area contributed by atoms with E-state index in [0.29, 0.717) is 0 Å². The number of Topliss-reactive ketones (excluding diaryl/α,β-unsaturated/α-hetero) is 1. The summed E-state index contributed by atoms with van der Waals surface area (Å²) in [5.74, 6) is 0.0231. The Morgan fingerprint density at radius 1 is 0.500 bits per heavy atom. The SMILES string of the molecule is CC(=O)CC(Cl)Cl.ClCCl.ClCCl.ClCCl.ClCCl.ClCCl.ClCCl.ClCCl. The lowest BCUT2D eigenvalue weighted by Gasteiger charge is -1.90. The molecule has 0 bridgehead atoms. The molecule has 0 saturated heterocycles. The van der Waals surface area contributed by atoms with Crippen molar-refractivity contribution < 1.29 is 4.79 Å². The van der Waals surface area contributed by atoms with Crippen molar-refractivity contribution in [1.29, 1.82) is 0 Å². The van der Waals surface area contributed by atoms with Gasteiger partial charge < -0.3 is 0 Å². The molecule has 0 aliphatic rings. The standard InChI is InChI=1S/C4H6Cl2O.7CH2Cl2/c1-3(7)2-4(5)6;7*2-1-3/h4H,2H2,1H3;7*1H2. The van der Waals surface area contributed by atoms with Crippen LogP contribution in [0.15, 0.2) is 0 Å². The van der Waals surface area contributed by atoms with Crippen molar-refractivity contribution in [1.82, 2.24) is 0 Å². The lowest BCUT2D eigenvalue weighted by atomic mass is 10.4. The zero-order valence-electron chi connectivity index (χ0n) is 14.2. The maximum atomic E-state index is 10.1. The maximum absolute atomic E-state index is 10.1. The first-order valence-electron chi connectivity index (χ1n) is 5.64. The van der Waals surface area contributed by atoms with E-state index < -0.39 is 4.84 Å². The molecule has 0 aliphatic carbocycles. The van der Waals surface area contributed by atoms with Crippen molar-refractivity contribution in [3.63, 3.8) is 0 Å². The minimum Gasteiger partial charge on any atom is -0.300 e. The summed E-state index contributed by atoms with van der Waals surface area (Å²) in [5.41, 5.74) is 0. The molecule has 0 saturated carbocycles. The second kappa shape index (κ2) is 85.8. The molecule has 0 N–H and O–H groups in total. The Bertz CT molecular complexity index is 146. The van der Waals surface area contributed by atoms with Crippen LogP contribution in [0.2, 0.25) is 0 Å². The highest BCUT2D eigenvalue weighted by Gasteiger charge is 2.00. The van der Waals surface area contributed by atoms with E-state index in [-0.39, 0.29) is 49.6 Å². The van der Waals surface area contributed by atoms with Crippen molar-refractivity contribution in [3.05, 3.63) is 0 Å². The number of hydrogen-bond donors (Lipinski definition) is 0. The summed E-state index contributed by atoms with van der Waals surface area (Å²) in [5, 5.41) is 1.36. The third-order valence-electron chi connectivity index (χ3n) is 0.442. The van der Waals surface area contributed by atoms with E-state index in [2.05, 4.69) is 0 Å². The molecule has 0 amide bonds. The molecule has 0 aliphatic heterocycles. The molecule has 0 aromatic carbocycles. The number of alkyl halides is 16. The van der Waals surface area contributed by atoms with Crippen LogP contribution in [-0.2, 0) is 4.79 Å². The highest BCUT2D eigenvalue weighted by Crippen LogP contribution is 2.05. The monoisotopic (exact) mass is 728 g/mol. The lowest BCUT2D eigenvalue weighted by Crippen LogP contribution is -1.95. The number of hydrogen-bond acceptors (Lipinski definition) is 1. The first-order chi connectivity index (χ1) is 13.0. The van der Waals surface area contributed by atoms with Gasteiger partial charge in [-0.1, -0.05) is 0 Å². The Morgan fingerprint density at radius 3 is 0.607 bits per heavy atom. The molecule has 1 nitrogen and oxygen atoms in total. The molecule has 0 aromatic heterocycles. The highest BCUT2D eigenvalue weighted by molar-refractivity contribution is 6.45. The average molecular weight is 736 g/mol. The van der Waals surface area contributed by atoms with Crippen LogP contribution in [0.3, 0.4) is 0 Å². The van der Waals surface area contributed by atoms with E-state index in [9.17, 15) is 4.79 Å². The van der Waals surface area contributed by atoms with Gasteiger partial charge in [0.25, 0.3) is 0 Å². The first-order valence-corrected chi connectivity index (χ1v) is 14.0. The summed E-state index contributed by atoms with van der Waals surface area (Å²) in [6.07, 6.45) is 0.253. The molecule has 0 radical (unpaired) electrons. The minimum absolute atomic E-state index is 0.0231. The molecule has 0 rings (SSSR count). The minimum atomic E-state index is -0.530. The van der Waals surface area contributed by atoms with Crippen molar-refractivity contribution in [2.24, 2.45) is 0 Å². The maximum Gasteiger partial charge on any atom is 0.132 e. The van der Waals surface area contributed by atoms with Crippen LogP contribution in [0.1, 0.15) is 13.3 Å². The summed E-state index contributed by atoms with van der Waals surface area (Å²) in [6, 6.07) is 0. The second-order valence-corrected chi connectivity index (χ2v) is 8.94. The van der Waals surface area contributed by atoms with Gasteiger partial charge in [-0.05, 0) is 6.92 Å². The van der Waals surface area contributed by atoms with Crippen molar-refractivity contribution in [3.8, 4) is 0 Å². The van der Waals surface area contributed by atoms with Crippen molar-refractivity contribution in [2.75, 3.05) is 37.4 Å². The third kappa shape index (κ3) is 377. The van der Waals surface area contributed by atoms with Gasteiger partial charge in [0.1, 0.15) is 10.6 Å². The van der Waals surface area contributed by atoms with Gasteiger partial charge in [0.05, 0.1) is 37.4 Å². The van der Waals surface area contributed by atoms with E-state index in [1.54, 1.807) is 0 Å². The quantitative estimate of drug-likeness (QED) is 0.258. The third-order valence-corrected chi connectivity index (χ3v) is 0.750. The van der Waals surface area contributed by atoms with Crippen LogP contribution in [-0.4, -0.2) is 48.0 Å². The summed E-state index contributed by atoms with van der Waals surface area (Å²) in [4.78, 5) is 9.56. The van der Waals surface area contributed by atoms with Crippen molar-refractivity contribution in [2.45, 2.75) is 18.2 Å². The molecule has 0 unspecified atom stereocenters. The number of halogens is 16. The second-order valence-electron chi connectivity index (χ2n) is 2.00. The van der Waals surface area contributed by atoms with Crippen LogP contribution in [0, 0.1) is 0 Å². The van der Waals surface area contributed by atoms with Gasteiger partial charge in [-0.3, -0.25) is 4.79 Å². The Labute approximate surface area is 248 Å². The van der Waals surface area contributed by atoms with Crippen LogP contribution in [0.25, 0.3) is 0 Å². The summed E-state index contributed by atoms with van der Waals surface area (Å²) in [6.45, 7) is 1.46. The van der Waals surface area contributed by atoms with E-state index in [4.69, 9.17) is 186 Å². The molecule has 0 spiro atoms. The number of carbonyl (C=O) groups is 1. The van der Waals surface area contributed by atoms with E-state index >= 15 is 0 Å². The van der Waals surface area contributed by atoms with Crippen LogP contribution in [0.5, 0.6) is 0 Å². The van der Waals surface area contributed by atoms with Crippen LogP contribution < -0.4 is 0 Å². The fraction of sp³-hybridized carbons (Fsp3) is 0.909. The van der Waals surface area contributed by atoms with E-state index in [1.807, 2.05) is 0 Å².